The molecule has 3 N–H and O–H groups in total. The predicted molar refractivity (Wildman–Crippen MR) is 67.2 cm³/mol. The molecule has 5 heteroatoms. The number of hydrogen-bond donors (Lipinski definition) is 2. The molecule has 1 aromatic carbocycles. The van der Waals surface area contributed by atoms with E-state index in [1.807, 2.05) is 18.2 Å². The molecular weight excluding hydrogens is 216 g/mol. The minimum Gasteiger partial charge on any atom is -0.494 e. The zero-order valence-corrected chi connectivity index (χ0v) is 9.81. The smallest absolute Gasteiger partial charge is 0.201 e. The van der Waals surface area contributed by atoms with Crippen molar-refractivity contribution in [2.75, 3.05) is 25.9 Å². The number of nitrogens with two attached hydrogens (primary N) is 1. The fourth-order valence-corrected chi connectivity index (χ4v) is 2.52. The van der Waals surface area contributed by atoms with Crippen LogP contribution in [0.3, 0.4) is 0 Å². The molecular formula is C12H16N4O. The third-order valence-corrected chi connectivity index (χ3v) is 3.33. The van der Waals surface area contributed by atoms with Crippen LogP contribution in [0.1, 0.15) is 12.5 Å². The van der Waals surface area contributed by atoms with Crippen LogP contribution in [0.2, 0.25) is 0 Å². The maximum atomic E-state index is 6.03. The Morgan fingerprint density at radius 3 is 3.12 bits per heavy atom. The molecule has 1 aliphatic heterocycles. The first-order valence-corrected chi connectivity index (χ1v) is 5.82. The maximum Gasteiger partial charge on any atom is 0.201 e. The molecule has 0 amide bonds. The third kappa shape index (κ3) is 1.54. The lowest BCUT2D eigenvalue weighted by atomic mass is 10.2. The summed E-state index contributed by atoms with van der Waals surface area (Å²) in [6, 6.07) is 6.32. The summed E-state index contributed by atoms with van der Waals surface area (Å²) in [4.78, 5) is 4.42. The van der Waals surface area contributed by atoms with E-state index in [0.717, 1.165) is 36.3 Å². The predicted octanol–water partition coefficient (Wildman–Crippen LogP) is 1.16. The molecule has 5 nitrogen and oxygen atoms in total. The van der Waals surface area contributed by atoms with Gasteiger partial charge in [0.15, 0.2) is 0 Å². The summed E-state index contributed by atoms with van der Waals surface area (Å²) < 4.78 is 7.42. The Morgan fingerprint density at radius 1 is 1.53 bits per heavy atom. The van der Waals surface area contributed by atoms with Gasteiger partial charge in [0, 0.05) is 6.54 Å². The van der Waals surface area contributed by atoms with E-state index in [-0.39, 0.29) is 0 Å². The van der Waals surface area contributed by atoms with Crippen molar-refractivity contribution in [2.45, 2.75) is 12.5 Å². The van der Waals surface area contributed by atoms with Crippen molar-refractivity contribution in [2.24, 2.45) is 0 Å². The van der Waals surface area contributed by atoms with Gasteiger partial charge in [-0.1, -0.05) is 6.07 Å². The molecule has 1 atom stereocenters. The minimum absolute atomic E-state index is 0.395. The normalized spacial score (nSPS) is 19.9. The topological polar surface area (TPSA) is 65.1 Å². The maximum absolute atomic E-state index is 6.03. The van der Waals surface area contributed by atoms with Crippen molar-refractivity contribution >= 4 is 17.0 Å². The van der Waals surface area contributed by atoms with Gasteiger partial charge in [-0.05, 0) is 25.1 Å². The number of nitrogens with zero attached hydrogens (tertiary/aromatic N) is 2. The quantitative estimate of drug-likeness (QED) is 0.815. The van der Waals surface area contributed by atoms with E-state index >= 15 is 0 Å². The Labute approximate surface area is 99.6 Å². The SMILES string of the molecule is COc1cccc2c1nc(N)n2C1CCNC1. The molecule has 90 valence electrons. The molecule has 0 radical (unpaired) electrons. The van der Waals surface area contributed by atoms with E-state index < -0.39 is 0 Å². The second-order valence-corrected chi connectivity index (χ2v) is 4.31. The van der Waals surface area contributed by atoms with Crippen molar-refractivity contribution in [3.63, 3.8) is 0 Å². The van der Waals surface area contributed by atoms with Crippen LogP contribution in [-0.2, 0) is 0 Å². The number of para-hydroxylation sites is 1. The summed E-state index contributed by atoms with van der Waals surface area (Å²) in [6.45, 7) is 1.99. The largest absolute Gasteiger partial charge is 0.494 e. The Balaban J connectivity index is 2.20. The van der Waals surface area contributed by atoms with Crippen LogP contribution in [0.25, 0.3) is 11.0 Å². The van der Waals surface area contributed by atoms with Gasteiger partial charge in [0.05, 0.1) is 18.7 Å². The number of nitrogen functional groups attached to an aromatic ring is 1. The second kappa shape index (κ2) is 3.92. The van der Waals surface area contributed by atoms with Gasteiger partial charge in [0.2, 0.25) is 5.95 Å². The fraction of sp³-hybridized carbons (Fsp3) is 0.417. The Morgan fingerprint density at radius 2 is 2.41 bits per heavy atom. The van der Waals surface area contributed by atoms with E-state index in [1.54, 1.807) is 7.11 Å². The first kappa shape index (κ1) is 10.4. The number of anilines is 1. The van der Waals surface area contributed by atoms with Crippen LogP contribution in [0.5, 0.6) is 5.75 Å². The van der Waals surface area contributed by atoms with Crippen molar-refractivity contribution in [3.05, 3.63) is 18.2 Å². The molecule has 1 saturated heterocycles. The highest BCUT2D eigenvalue weighted by Crippen LogP contribution is 2.31. The van der Waals surface area contributed by atoms with Crippen molar-refractivity contribution in [3.8, 4) is 5.75 Å². The summed E-state index contributed by atoms with van der Waals surface area (Å²) in [5.74, 6) is 1.34. The molecule has 17 heavy (non-hydrogen) atoms. The van der Waals surface area contributed by atoms with Crippen LogP contribution >= 0.6 is 0 Å². The number of hydrogen-bond acceptors (Lipinski definition) is 4. The molecule has 0 saturated carbocycles. The molecule has 1 fully saturated rings. The lowest BCUT2D eigenvalue weighted by Crippen LogP contribution is -2.15. The van der Waals surface area contributed by atoms with Crippen LogP contribution in [0.4, 0.5) is 5.95 Å². The molecule has 1 aliphatic rings. The Hall–Kier alpha value is -1.75. The highest BCUT2D eigenvalue weighted by molar-refractivity contribution is 5.84. The first-order chi connectivity index (χ1) is 8.31. The van der Waals surface area contributed by atoms with Gasteiger partial charge in [-0.25, -0.2) is 4.98 Å². The number of imidazole rings is 1. The van der Waals surface area contributed by atoms with Crippen LogP contribution in [0.15, 0.2) is 18.2 Å². The first-order valence-electron chi connectivity index (χ1n) is 5.82. The highest BCUT2D eigenvalue weighted by Gasteiger charge is 2.22. The molecule has 1 unspecified atom stereocenters. The van der Waals surface area contributed by atoms with Crippen LogP contribution in [0, 0.1) is 0 Å². The molecule has 0 spiro atoms. The van der Waals surface area contributed by atoms with Gasteiger partial charge in [0.1, 0.15) is 11.3 Å². The van der Waals surface area contributed by atoms with Crippen LogP contribution in [-0.4, -0.2) is 29.8 Å². The van der Waals surface area contributed by atoms with Gasteiger partial charge in [-0.15, -0.1) is 0 Å². The lowest BCUT2D eigenvalue weighted by Gasteiger charge is -2.13. The number of benzene rings is 1. The minimum atomic E-state index is 0.395. The lowest BCUT2D eigenvalue weighted by molar-refractivity contribution is 0.419. The number of nitrogens with one attached hydrogen (secondary N) is 1. The van der Waals surface area contributed by atoms with Gasteiger partial charge in [-0.3, -0.25) is 0 Å². The van der Waals surface area contributed by atoms with E-state index in [0.29, 0.717) is 12.0 Å². The average Bonchev–Trinajstić information content (AvgIpc) is 2.93. The van der Waals surface area contributed by atoms with Crippen molar-refractivity contribution in [1.29, 1.82) is 0 Å². The summed E-state index contributed by atoms with van der Waals surface area (Å²) in [6.07, 6.45) is 1.09. The zero-order chi connectivity index (χ0) is 11.8. The van der Waals surface area contributed by atoms with Gasteiger partial charge in [0.25, 0.3) is 0 Å². The van der Waals surface area contributed by atoms with E-state index in [1.165, 1.54) is 0 Å². The standard InChI is InChI=1S/C12H16N4O/c1-17-10-4-2-3-9-11(10)15-12(13)16(9)8-5-6-14-7-8/h2-4,8,14H,5-7H2,1H3,(H2,13,15). The average molecular weight is 232 g/mol. The Bertz CT molecular complexity index is 543. The summed E-state index contributed by atoms with van der Waals surface area (Å²) in [5.41, 5.74) is 7.92. The van der Waals surface area contributed by atoms with Crippen LogP contribution < -0.4 is 15.8 Å². The Kier molecular flexibility index (Phi) is 2.40. The fourth-order valence-electron chi connectivity index (χ4n) is 2.52. The number of aromatic nitrogens is 2. The summed E-state index contributed by atoms with van der Waals surface area (Å²) in [7, 11) is 1.65. The molecule has 0 aliphatic carbocycles. The third-order valence-electron chi connectivity index (χ3n) is 3.33. The van der Waals surface area contributed by atoms with Gasteiger partial charge < -0.3 is 20.4 Å². The molecule has 2 heterocycles. The monoisotopic (exact) mass is 232 g/mol. The number of fused-ring (bicyclic) bond motifs is 1. The van der Waals surface area contributed by atoms with E-state index in [2.05, 4.69) is 14.9 Å². The van der Waals surface area contributed by atoms with Crippen molar-refractivity contribution < 1.29 is 4.74 Å². The number of ether oxygens (including phenoxy) is 1. The van der Waals surface area contributed by atoms with E-state index in [9.17, 15) is 0 Å². The van der Waals surface area contributed by atoms with Gasteiger partial charge in [-0.2, -0.15) is 0 Å². The molecule has 0 bridgehead atoms. The summed E-state index contributed by atoms with van der Waals surface area (Å²) >= 11 is 0. The van der Waals surface area contributed by atoms with E-state index in [4.69, 9.17) is 10.5 Å². The molecule has 2 aromatic rings. The molecule has 3 rings (SSSR count). The summed E-state index contributed by atoms with van der Waals surface area (Å²) in [5, 5.41) is 3.35. The van der Waals surface area contributed by atoms with Gasteiger partial charge >= 0.3 is 0 Å². The number of methoxy groups -OCH3 is 1. The van der Waals surface area contributed by atoms with Crippen molar-refractivity contribution in [1.82, 2.24) is 14.9 Å². The molecule has 1 aromatic heterocycles. The highest BCUT2D eigenvalue weighted by atomic mass is 16.5. The number of rotatable bonds is 2. The zero-order valence-electron chi connectivity index (χ0n) is 9.81. The second-order valence-electron chi connectivity index (χ2n) is 4.31.